The van der Waals surface area contributed by atoms with Gasteiger partial charge in [0.25, 0.3) is 0 Å². The van der Waals surface area contributed by atoms with Crippen LogP contribution in [0.4, 0.5) is 0 Å². The van der Waals surface area contributed by atoms with Gasteiger partial charge in [0.15, 0.2) is 0 Å². The minimum absolute atomic E-state index is 0.316. The lowest BCUT2D eigenvalue weighted by atomic mass is 10.1. The summed E-state index contributed by atoms with van der Waals surface area (Å²) in [6, 6.07) is 11.5. The zero-order valence-electron chi connectivity index (χ0n) is 13.2. The fraction of sp³-hybridized carbons (Fsp3) is 0.333. The molecule has 0 aliphatic heterocycles. The highest BCUT2D eigenvalue weighted by atomic mass is 35.5. The summed E-state index contributed by atoms with van der Waals surface area (Å²) in [7, 11) is 0. The summed E-state index contributed by atoms with van der Waals surface area (Å²) in [6.07, 6.45) is 1.06. The second kappa shape index (κ2) is 8.79. The third-order valence-electron chi connectivity index (χ3n) is 3.71. The van der Waals surface area contributed by atoms with Crippen molar-refractivity contribution in [1.82, 2.24) is 5.32 Å². The van der Waals surface area contributed by atoms with Gasteiger partial charge in [-0.2, -0.15) is 0 Å². The molecule has 2 aromatic carbocycles. The summed E-state index contributed by atoms with van der Waals surface area (Å²) in [5, 5.41) is 5.34. The molecule has 2 nitrogen and oxygen atoms in total. The SMILES string of the molecule is CCC(C)NCc1cc(Cl)ccc1OCc1c(Cl)cccc1Cl. The molecule has 1 atom stereocenters. The molecule has 0 saturated heterocycles. The molecule has 0 spiro atoms. The number of halogens is 3. The van der Waals surface area contributed by atoms with E-state index in [0.29, 0.717) is 34.3 Å². The standard InChI is InChI=1S/C18H20Cl3NO/c1-3-12(2)22-10-13-9-14(19)7-8-18(13)23-11-15-16(20)5-4-6-17(15)21/h4-9,12,22H,3,10-11H2,1-2H3. The molecule has 0 fully saturated rings. The first-order valence-electron chi connectivity index (χ1n) is 7.58. The van der Waals surface area contributed by atoms with Crippen LogP contribution >= 0.6 is 34.8 Å². The molecule has 5 heteroatoms. The molecular formula is C18H20Cl3NO. The Kier molecular flexibility index (Phi) is 7.04. The Balaban J connectivity index is 2.13. The van der Waals surface area contributed by atoms with Crippen molar-refractivity contribution in [2.75, 3.05) is 0 Å². The predicted molar refractivity (Wildman–Crippen MR) is 98.8 cm³/mol. The molecule has 0 radical (unpaired) electrons. The molecular weight excluding hydrogens is 353 g/mol. The molecule has 23 heavy (non-hydrogen) atoms. The maximum absolute atomic E-state index is 6.18. The molecule has 0 saturated carbocycles. The average Bonchev–Trinajstić information content (AvgIpc) is 2.53. The molecule has 0 aromatic heterocycles. The fourth-order valence-corrected chi connectivity index (χ4v) is 2.78. The predicted octanol–water partition coefficient (Wildman–Crippen LogP) is 6.11. The van der Waals surface area contributed by atoms with Crippen LogP contribution in [0, 0.1) is 0 Å². The number of hydrogen-bond donors (Lipinski definition) is 1. The van der Waals surface area contributed by atoms with E-state index in [9.17, 15) is 0 Å². The molecule has 0 aliphatic rings. The van der Waals surface area contributed by atoms with Crippen molar-refractivity contribution >= 4 is 34.8 Å². The summed E-state index contributed by atoms with van der Waals surface area (Å²) in [5.74, 6) is 0.779. The Morgan fingerprint density at radius 2 is 1.78 bits per heavy atom. The highest BCUT2D eigenvalue weighted by Crippen LogP contribution is 2.28. The number of rotatable bonds is 7. The summed E-state index contributed by atoms with van der Waals surface area (Å²) >= 11 is 18.5. The van der Waals surface area contributed by atoms with Crippen molar-refractivity contribution in [2.45, 2.75) is 39.5 Å². The molecule has 1 unspecified atom stereocenters. The lowest BCUT2D eigenvalue weighted by Gasteiger charge is -2.16. The molecule has 0 aliphatic carbocycles. The Bertz CT molecular complexity index is 640. The van der Waals surface area contributed by atoms with Crippen LogP contribution in [0.5, 0.6) is 5.75 Å². The molecule has 2 rings (SSSR count). The van der Waals surface area contributed by atoms with E-state index in [1.165, 1.54) is 0 Å². The van der Waals surface area contributed by atoms with Crippen LogP contribution in [0.15, 0.2) is 36.4 Å². The van der Waals surface area contributed by atoms with Crippen LogP contribution in [0.25, 0.3) is 0 Å². The van der Waals surface area contributed by atoms with Gasteiger partial charge in [-0.3, -0.25) is 0 Å². The number of benzene rings is 2. The minimum Gasteiger partial charge on any atom is -0.488 e. The first-order valence-corrected chi connectivity index (χ1v) is 8.72. The third kappa shape index (κ3) is 5.29. The quantitative estimate of drug-likeness (QED) is 0.632. The second-order valence-corrected chi connectivity index (χ2v) is 6.68. The van der Waals surface area contributed by atoms with Gasteiger partial charge in [0.05, 0.1) is 0 Å². The van der Waals surface area contributed by atoms with Crippen LogP contribution in [0.3, 0.4) is 0 Å². The van der Waals surface area contributed by atoms with Gasteiger partial charge in [0.2, 0.25) is 0 Å². The van der Waals surface area contributed by atoms with E-state index in [-0.39, 0.29) is 0 Å². The van der Waals surface area contributed by atoms with Gasteiger partial charge >= 0.3 is 0 Å². The Hall–Kier alpha value is -0.930. The monoisotopic (exact) mass is 371 g/mol. The molecule has 1 N–H and O–H groups in total. The third-order valence-corrected chi connectivity index (χ3v) is 4.65. The number of nitrogens with one attached hydrogen (secondary N) is 1. The lowest BCUT2D eigenvalue weighted by Crippen LogP contribution is -2.24. The highest BCUT2D eigenvalue weighted by Gasteiger charge is 2.10. The van der Waals surface area contributed by atoms with Crippen molar-refractivity contribution in [3.8, 4) is 5.75 Å². The molecule has 0 heterocycles. The minimum atomic E-state index is 0.316. The van der Waals surface area contributed by atoms with E-state index >= 15 is 0 Å². The maximum Gasteiger partial charge on any atom is 0.124 e. The zero-order chi connectivity index (χ0) is 16.8. The fourth-order valence-electron chi connectivity index (χ4n) is 2.08. The van der Waals surface area contributed by atoms with Crippen LogP contribution < -0.4 is 10.1 Å². The van der Waals surface area contributed by atoms with Gasteiger partial charge in [0, 0.05) is 38.8 Å². The normalized spacial score (nSPS) is 12.2. The smallest absolute Gasteiger partial charge is 0.124 e. The summed E-state index contributed by atoms with van der Waals surface area (Å²) in [4.78, 5) is 0. The van der Waals surface area contributed by atoms with Crippen LogP contribution in [-0.2, 0) is 13.2 Å². The van der Waals surface area contributed by atoms with Gasteiger partial charge in [-0.15, -0.1) is 0 Å². The Morgan fingerprint density at radius 3 is 2.43 bits per heavy atom. The second-order valence-electron chi connectivity index (χ2n) is 5.43. The van der Waals surface area contributed by atoms with Crippen molar-refractivity contribution < 1.29 is 4.74 Å². The van der Waals surface area contributed by atoms with Crippen molar-refractivity contribution in [3.05, 3.63) is 62.6 Å². The average molecular weight is 373 g/mol. The maximum atomic E-state index is 6.18. The van der Waals surface area contributed by atoms with Gasteiger partial charge in [-0.1, -0.05) is 47.8 Å². The van der Waals surface area contributed by atoms with Gasteiger partial charge in [0.1, 0.15) is 12.4 Å². The van der Waals surface area contributed by atoms with E-state index < -0.39 is 0 Å². The number of ether oxygens (including phenoxy) is 1. The summed E-state index contributed by atoms with van der Waals surface area (Å²) < 4.78 is 5.94. The van der Waals surface area contributed by atoms with Crippen molar-refractivity contribution in [3.63, 3.8) is 0 Å². The molecule has 124 valence electrons. The summed E-state index contributed by atoms with van der Waals surface area (Å²) in [5.41, 5.74) is 1.80. The number of hydrogen-bond acceptors (Lipinski definition) is 2. The van der Waals surface area contributed by atoms with Gasteiger partial charge in [-0.05, 0) is 43.7 Å². The Labute approximate surface area is 152 Å². The van der Waals surface area contributed by atoms with E-state index in [1.54, 1.807) is 12.1 Å². The van der Waals surface area contributed by atoms with Crippen molar-refractivity contribution in [1.29, 1.82) is 0 Å². The molecule has 2 aromatic rings. The van der Waals surface area contributed by atoms with E-state index in [0.717, 1.165) is 23.3 Å². The van der Waals surface area contributed by atoms with Crippen LogP contribution in [0.2, 0.25) is 15.1 Å². The van der Waals surface area contributed by atoms with Gasteiger partial charge < -0.3 is 10.1 Å². The molecule has 0 amide bonds. The van der Waals surface area contributed by atoms with E-state index in [2.05, 4.69) is 19.2 Å². The highest BCUT2D eigenvalue weighted by molar-refractivity contribution is 6.36. The Morgan fingerprint density at radius 1 is 1.09 bits per heavy atom. The van der Waals surface area contributed by atoms with E-state index in [1.807, 2.05) is 24.3 Å². The first kappa shape index (κ1) is 18.4. The van der Waals surface area contributed by atoms with Crippen LogP contribution in [0.1, 0.15) is 31.4 Å². The zero-order valence-corrected chi connectivity index (χ0v) is 15.5. The topological polar surface area (TPSA) is 21.3 Å². The van der Waals surface area contributed by atoms with Crippen LogP contribution in [-0.4, -0.2) is 6.04 Å². The van der Waals surface area contributed by atoms with E-state index in [4.69, 9.17) is 39.5 Å². The summed E-state index contributed by atoms with van der Waals surface area (Å²) in [6.45, 7) is 5.30. The van der Waals surface area contributed by atoms with Crippen molar-refractivity contribution in [2.24, 2.45) is 0 Å². The molecule has 0 bridgehead atoms. The lowest BCUT2D eigenvalue weighted by molar-refractivity contribution is 0.301. The first-order chi connectivity index (χ1) is 11.0. The largest absolute Gasteiger partial charge is 0.488 e. The van der Waals surface area contributed by atoms with Gasteiger partial charge in [-0.25, -0.2) is 0 Å².